The van der Waals surface area contributed by atoms with Crippen molar-refractivity contribution in [2.45, 2.75) is 25.8 Å². The Labute approximate surface area is 123 Å². The van der Waals surface area contributed by atoms with E-state index in [1.54, 1.807) is 12.1 Å². The fourth-order valence-corrected chi connectivity index (χ4v) is 2.65. The third-order valence-electron chi connectivity index (χ3n) is 3.48. The molecule has 1 aliphatic carbocycles. The van der Waals surface area contributed by atoms with Gasteiger partial charge >= 0.3 is 5.97 Å². The third kappa shape index (κ3) is 4.10. The lowest BCUT2D eigenvalue weighted by molar-refractivity contribution is -0.139. The Balaban J connectivity index is 2.18. The van der Waals surface area contributed by atoms with E-state index in [1.807, 2.05) is 17.9 Å². The maximum Gasteiger partial charge on any atom is 0.317 e. The Morgan fingerprint density at radius 3 is 2.74 bits per heavy atom. The highest BCUT2D eigenvalue weighted by atomic mass is 35.5. The Morgan fingerprint density at radius 1 is 1.47 bits per heavy atom. The van der Waals surface area contributed by atoms with E-state index in [0.29, 0.717) is 16.0 Å². The lowest BCUT2D eigenvalue weighted by Gasteiger charge is -2.28. The second kappa shape index (κ2) is 6.12. The zero-order valence-electron chi connectivity index (χ0n) is 10.8. The van der Waals surface area contributed by atoms with Crippen molar-refractivity contribution in [3.8, 4) is 0 Å². The number of rotatable bonds is 6. The van der Waals surface area contributed by atoms with Gasteiger partial charge in [0.1, 0.15) is 0 Å². The monoisotopic (exact) mass is 301 g/mol. The predicted octanol–water partition coefficient (Wildman–Crippen LogP) is 3.85. The molecule has 1 aromatic carbocycles. The lowest BCUT2D eigenvalue weighted by atomic mass is 10.1. The summed E-state index contributed by atoms with van der Waals surface area (Å²) in [6.45, 7) is 2.81. The van der Waals surface area contributed by atoms with Crippen LogP contribution < -0.4 is 0 Å². The van der Waals surface area contributed by atoms with Crippen molar-refractivity contribution in [2.24, 2.45) is 5.92 Å². The molecule has 0 aliphatic heterocycles. The zero-order chi connectivity index (χ0) is 14.0. The lowest BCUT2D eigenvalue weighted by Crippen LogP contribution is -2.34. The van der Waals surface area contributed by atoms with Crippen LogP contribution in [0.4, 0.5) is 0 Å². The summed E-state index contributed by atoms with van der Waals surface area (Å²) in [5.74, 6) is -0.189. The van der Waals surface area contributed by atoms with Gasteiger partial charge in [0.2, 0.25) is 0 Å². The first kappa shape index (κ1) is 14.6. The molecule has 19 heavy (non-hydrogen) atoms. The summed E-state index contributed by atoms with van der Waals surface area (Å²) < 4.78 is 0. The fourth-order valence-electron chi connectivity index (χ4n) is 2.20. The molecule has 0 heterocycles. The molecule has 0 aromatic heterocycles. The van der Waals surface area contributed by atoms with E-state index in [0.717, 1.165) is 12.1 Å². The summed E-state index contributed by atoms with van der Waals surface area (Å²) >= 11 is 12.2. The number of nitrogens with zero attached hydrogens (tertiary/aromatic N) is 1. The molecule has 0 spiro atoms. The first-order chi connectivity index (χ1) is 8.97. The second-order valence-electron chi connectivity index (χ2n) is 5.11. The summed E-state index contributed by atoms with van der Waals surface area (Å²) in [7, 11) is 0. The minimum atomic E-state index is -0.814. The highest BCUT2D eigenvalue weighted by Crippen LogP contribution is 2.35. The molecule has 0 radical (unpaired) electrons. The molecule has 0 amide bonds. The van der Waals surface area contributed by atoms with Gasteiger partial charge in [0.25, 0.3) is 0 Å². The molecule has 1 unspecified atom stereocenters. The fraction of sp³-hybridized carbons (Fsp3) is 0.500. The van der Waals surface area contributed by atoms with Gasteiger partial charge in [-0.25, -0.2) is 0 Å². The Hall–Kier alpha value is -0.770. The van der Waals surface area contributed by atoms with Crippen molar-refractivity contribution in [1.29, 1.82) is 0 Å². The zero-order valence-corrected chi connectivity index (χ0v) is 12.3. The SMILES string of the molecule is CC(c1cc(Cl)ccc1Cl)N(CC(=O)O)CC1CC1. The molecule has 0 bridgehead atoms. The molecular formula is C14H17Cl2NO2. The summed E-state index contributed by atoms with van der Waals surface area (Å²) in [6.07, 6.45) is 2.37. The molecule has 3 nitrogen and oxygen atoms in total. The van der Waals surface area contributed by atoms with Crippen LogP contribution in [0.5, 0.6) is 0 Å². The number of halogens is 2. The molecular weight excluding hydrogens is 285 g/mol. The van der Waals surface area contributed by atoms with Crippen LogP contribution in [0.25, 0.3) is 0 Å². The first-order valence-electron chi connectivity index (χ1n) is 6.38. The van der Waals surface area contributed by atoms with Crippen molar-refractivity contribution < 1.29 is 9.90 Å². The Kier molecular flexibility index (Phi) is 4.71. The van der Waals surface area contributed by atoms with Gasteiger partial charge in [-0.05, 0) is 49.4 Å². The third-order valence-corrected chi connectivity index (χ3v) is 4.06. The second-order valence-corrected chi connectivity index (χ2v) is 5.95. The predicted molar refractivity (Wildman–Crippen MR) is 76.8 cm³/mol. The largest absolute Gasteiger partial charge is 0.480 e. The Morgan fingerprint density at radius 2 is 2.16 bits per heavy atom. The van der Waals surface area contributed by atoms with Crippen LogP contribution in [-0.2, 0) is 4.79 Å². The standard InChI is InChI=1S/C14H17Cl2NO2/c1-9(12-6-11(15)4-5-13(12)16)17(8-14(18)19)7-10-2-3-10/h4-6,9-10H,2-3,7-8H2,1H3,(H,18,19). The number of carboxylic acid groups (broad SMARTS) is 1. The highest BCUT2D eigenvalue weighted by Gasteiger charge is 2.29. The number of aliphatic carboxylic acids is 1. The minimum absolute atomic E-state index is 0.0283. The van der Waals surface area contributed by atoms with Crippen LogP contribution in [-0.4, -0.2) is 29.1 Å². The number of carboxylic acids is 1. The van der Waals surface area contributed by atoms with Crippen molar-refractivity contribution in [3.63, 3.8) is 0 Å². The van der Waals surface area contributed by atoms with E-state index in [1.165, 1.54) is 12.8 Å². The minimum Gasteiger partial charge on any atom is -0.480 e. The van der Waals surface area contributed by atoms with Crippen molar-refractivity contribution in [1.82, 2.24) is 4.90 Å². The van der Waals surface area contributed by atoms with E-state index >= 15 is 0 Å². The van der Waals surface area contributed by atoms with Crippen LogP contribution >= 0.6 is 23.2 Å². The van der Waals surface area contributed by atoms with Crippen LogP contribution in [0.1, 0.15) is 31.4 Å². The van der Waals surface area contributed by atoms with Crippen molar-refractivity contribution in [3.05, 3.63) is 33.8 Å². The summed E-state index contributed by atoms with van der Waals surface area (Å²) in [6, 6.07) is 5.26. The molecule has 1 N–H and O–H groups in total. The van der Waals surface area contributed by atoms with Gasteiger partial charge in [0, 0.05) is 22.6 Å². The molecule has 1 saturated carbocycles. The summed E-state index contributed by atoms with van der Waals surface area (Å²) in [4.78, 5) is 13.0. The molecule has 1 fully saturated rings. The molecule has 5 heteroatoms. The van der Waals surface area contributed by atoms with E-state index in [-0.39, 0.29) is 12.6 Å². The van der Waals surface area contributed by atoms with Crippen molar-refractivity contribution >= 4 is 29.2 Å². The Bertz CT molecular complexity index is 475. The average molecular weight is 302 g/mol. The number of hydrogen-bond donors (Lipinski definition) is 1. The number of hydrogen-bond acceptors (Lipinski definition) is 2. The maximum atomic E-state index is 11.0. The van der Waals surface area contributed by atoms with Gasteiger partial charge in [-0.3, -0.25) is 9.69 Å². The smallest absolute Gasteiger partial charge is 0.317 e. The van der Waals surface area contributed by atoms with Crippen molar-refractivity contribution in [2.75, 3.05) is 13.1 Å². The van der Waals surface area contributed by atoms with Gasteiger partial charge in [0.05, 0.1) is 6.54 Å². The highest BCUT2D eigenvalue weighted by molar-refractivity contribution is 6.33. The average Bonchev–Trinajstić information content (AvgIpc) is 3.14. The van der Waals surface area contributed by atoms with E-state index in [4.69, 9.17) is 28.3 Å². The molecule has 104 valence electrons. The maximum absolute atomic E-state index is 11.0. The van der Waals surface area contributed by atoms with Gasteiger partial charge < -0.3 is 5.11 Å². The summed E-state index contributed by atoms with van der Waals surface area (Å²) in [5, 5.41) is 10.3. The molecule has 1 atom stereocenters. The molecule has 0 saturated heterocycles. The van der Waals surface area contributed by atoms with Gasteiger partial charge in [-0.15, -0.1) is 0 Å². The van der Waals surface area contributed by atoms with Crippen LogP contribution in [0.2, 0.25) is 10.0 Å². The quantitative estimate of drug-likeness (QED) is 0.867. The van der Waals surface area contributed by atoms with Gasteiger partial charge in [-0.2, -0.15) is 0 Å². The number of carbonyl (C=O) groups is 1. The topological polar surface area (TPSA) is 40.5 Å². The van der Waals surface area contributed by atoms with Gasteiger partial charge in [0.15, 0.2) is 0 Å². The molecule has 1 aliphatic rings. The molecule has 2 rings (SSSR count). The van der Waals surface area contributed by atoms with E-state index in [9.17, 15) is 4.79 Å². The first-order valence-corrected chi connectivity index (χ1v) is 7.13. The molecule has 1 aromatic rings. The summed E-state index contributed by atoms with van der Waals surface area (Å²) in [5.41, 5.74) is 0.885. The van der Waals surface area contributed by atoms with E-state index < -0.39 is 5.97 Å². The van der Waals surface area contributed by atoms with Gasteiger partial charge in [-0.1, -0.05) is 23.2 Å². The van der Waals surface area contributed by atoms with Crippen LogP contribution in [0.15, 0.2) is 18.2 Å². The normalized spacial score (nSPS) is 16.6. The van der Waals surface area contributed by atoms with Crippen LogP contribution in [0, 0.1) is 5.92 Å². The number of benzene rings is 1. The van der Waals surface area contributed by atoms with E-state index in [2.05, 4.69) is 0 Å². The van der Waals surface area contributed by atoms with Crippen LogP contribution in [0.3, 0.4) is 0 Å².